The molecule has 0 unspecified atom stereocenters. The molecule has 0 fully saturated rings. The second-order valence-corrected chi connectivity index (χ2v) is 5.89. The minimum atomic E-state index is -0.654. The Morgan fingerprint density at radius 3 is 2.11 bits per heavy atom. The van der Waals surface area contributed by atoms with Crippen LogP contribution in [-0.2, 0) is 0 Å². The molecule has 0 saturated carbocycles. The predicted octanol–water partition coefficient (Wildman–Crippen LogP) is 6.66. The summed E-state index contributed by atoms with van der Waals surface area (Å²) in [6.07, 6.45) is 3.72. The van der Waals surface area contributed by atoms with E-state index in [9.17, 15) is 8.78 Å². The highest BCUT2D eigenvalue weighted by Gasteiger charge is 2.26. The molecule has 3 rings (SSSR count). The van der Waals surface area contributed by atoms with Crippen molar-refractivity contribution in [2.75, 3.05) is 13.2 Å². The molecule has 4 heteroatoms. The van der Waals surface area contributed by atoms with Crippen LogP contribution in [0.25, 0.3) is 11.3 Å². The number of likely N-dealkylation sites (N-methyl/N-ethyl adjacent to an activating group) is 1. The van der Waals surface area contributed by atoms with E-state index in [0.29, 0.717) is 24.5 Å². The summed E-state index contributed by atoms with van der Waals surface area (Å²) in [5.41, 5.74) is 2.73. The summed E-state index contributed by atoms with van der Waals surface area (Å²) in [4.78, 5) is 1.82. The van der Waals surface area contributed by atoms with E-state index in [1.54, 1.807) is 6.92 Å². The number of hydrogen-bond acceptors (Lipinski definition) is 2. The molecule has 0 radical (unpaired) electrons. The van der Waals surface area contributed by atoms with Crippen molar-refractivity contribution in [3.05, 3.63) is 89.7 Å². The van der Waals surface area contributed by atoms with Crippen LogP contribution in [0.2, 0.25) is 0 Å². The minimum absolute atomic E-state index is 0.0698. The second-order valence-electron chi connectivity index (χ2n) is 5.89. The van der Waals surface area contributed by atoms with Crippen molar-refractivity contribution in [2.24, 2.45) is 0 Å². The molecule has 28 heavy (non-hydrogen) atoms. The summed E-state index contributed by atoms with van der Waals surface area (Å²) in [5.74, 6) is -1.13. The number of halogens is 2. The second kappa shape index (κ2) is 9.88. The molecule has 1 aliphatic rings. The van der Waals surface area contributed by atoms with Crippen molar-refractivity contribution in [3.63, 3.8) is 0 Å². The zero-order valence-electron chi connectivity index (χ0n) is 16.9. The maximum Gasteiger partial charge on any atom is 0.139 e. The Bertz CT molecular complexity index is 862. The Hall–Kier alpha value is -2.88. The molecule has 2 aromatic carbocycles. The monoisotopic (exact) mass is 383 g/mol. The standard InChI is InChI=1S/C22H21F2NO.C2H6/c1-4-25-15(3)11-12-18(16-9-7-6-8-10-16)22(25)21-19(23)13-17(26-5-2)14-20(21)24;1-2/h6-14H,3-5H2,1-2H3;1-2H3. The lowest BCUT2D eigenvalue weighted by Gasteiger charge is -2.32. The number of rotatable bonds is 5. The Morgan fingerprint density at radius 1 is 0.964 bits per heavy atom. The number of allylic oxidation sites excluding steroid dienone is 3. The largest absolute Gasteiger partial charge is 0.494 e. The van der Waals surface area contributed by atoms with Gasteiger partial charge in [0.2, 0.25) is 0 Å². The number of benzene rings is 2. The van der Waals surface area contributed by atoms with Crippen LogP contribution in [-0.4, -0.2) is 18.1 Å². The lowest BCUT2D eigenvalue weighted by molar-refractivity contribution is 0.335. The van der Waals surface area contributed by atoms with Gasteiger partial charge in [-0.1, -0.05) is 56.8 Å². The third kappa shape index (κ3) is 4.33. The lowest BCUT2D eigenvalue weighted by atomic mass is 9.94. The van der Waals surface area contributed by atoms with Crippen molar-refractivity contribution in [1.82, 2.24) is 4.90 Å². The Kier molecular flexibility index (Phi) is 7.56. The van der Waals surface area contributed by atoms with Crippen LogP contribution in [0.1, 0.15) is 38.8 Å². The van der Waals surface area contributed by atoms with Gasteiger partial charge in [0.15, 0.2) is 0 Å². The van der Waals surface area contributed by atoms with Crippen molar-refractivity contribution < 1.29 is 13.5 Å². The maximum atomic E-state index is 14.9. The molecule has 0 aromatic heterocycles. The van der Waals surface area contributed by atoms with E-state index in [1.165, 1.54) is 12.1 Å². The first-order chi connectivity index (χ1) is 13.6. The molecular weight excluding hydrogens is 356 g/mol. The number of ether oxygens (including phenoxy) is 1. The van der Waals surface area contributed by atoms with Gasteiger partial charge in [0.05, 0.1) is 17.9 Å². The van der Waals surface area contributed by atoms with Gasteiger partial charge in [0.1, 0.15) is 17.4 Å². The van der Waals surface area contributed by atoms with E-state index < -0.39 is 11.6 Å². The van der Waals surface area contributed by atoms with Gasteiger partial charge in [-0.25, -0.2) is 8.78 Å². The summed E-state index contributed by atoms with van der Waals surface area (Å²) in [7, 11) is 0. The fraction of sp³-hybridized carbons (Fsp3) is 0.250. The van der Waals surface area contributed by atoms with Crippen LogP contribution in [0.4, 0.5) is 8.78 Å². The summed E-state index contributed by atoms with van der Waals surface area (Å²) in [6, 6.07) is 12.0. The molecule has 1 aliphatic heterocycles. The summed E-state index contributed by atoms with van der Waals surface area (Å²) in [6.45, 7) is 12.6. The summed E-state index contributed by atoms with van der Waals surface area (Å²) < 4.78 is 35.1. The first-order valence-corrected chi connectivity index (χ1v) is 9.63. The van der Waals surface area contributed by atoms with Gasteiger partial charge in [-0.2, -0.15) is 0 Å². The van der Waals surface area contributed by atoms with Crippen molar-refractivity contribution in [1.29, 1.82) is 0 Å². The van der Waals surface area contributed by atoms with Crippen molar-refractivity contribution in [3.8, 4) is 5.75 Å². The van der Waals surface area contributed by atoms with Crippen molar-refractivity contribution in [2.45, 2.75) is 27.7 Å². The number of hydrogen-bond donors (Lipinski definition) is 0. The molecular formula is C24H27F2NO. The molecule has 2 aromatic rings. The third-order valence-electron chi connectivity index (χ3n) is 4.28. The van der Waals surface area contributed by atoms with Gasteiger partial charge >= 0.3 is 0 Å². The SMILES string of the molecule is C=C1C=CC(c2ccccc2)=C(c2c(F)cc(OCC)cc2F)N1CC.CC. The summed E-state index contributed by atoms with van der Waals surface area (Å²) in [5, 5.41) is 0. The Labute approximate surface area is 166 Å². The fourth-order valence-electron chi connectivity index (χ4n) is 3.15. The molecule has 0 saturated heterocycles. The van der Waals surface area contributed by atoms with Crippen LogP contribution >= 0.6 is 0 Å². The molecule has 0 bridgehead atoms. The van der Waals surface area contributed by atoms with E-state index in [-0.39, 0.29) is 11.3 Å². The van der Waals surface area contributed by atoms with E-state index in [2.05, 4.69) is 6.58 Å². The molecule has 0 atom stereocenters. The topological polar surface area (TPSA) is 12.5 Å². The van der Waals surface area contributed by atoms with Crippen LogP contribution in [0, 0.1) is 11.6 Å². The quantitative estimate of drug-likeness (QED) is 0.572. The fourth-order valence-corrected chi connectivity index (χ4v) is 3.15. The Balaban J connectivity index is 0.00000136. The average Bonchev–Trinajstić information content (AvgIpc) is 2.70. The van der Waals surface area contributed by atoms with Gasteiger partial charge < -0.3 is 9.64 Å². The molecule has 0 aliphatic carbocycles. The lowest BCUT2D eigenvalue weighted by Crippen LogP contribution is -2.24. The van der Waals surface area contributed by atoms with Crippen LogP contribution in [0.5, 0.6) is 5.75 Å². The molecule has 2 nitrogen and oxygen atoms in total. The van der Waals surface area contributed by atoms with Crippen LogP contribution < -0.4 is 4.74 Å². The smallest absolute Gasteiger partial charge is 0.139 e. The zero-order valence-corrected chi connectivity index (χ0v) is 16.9. The highest BCUT2D eigenvalue weighted by atomic mass is 19.1. The van der Waals surface area contributed by atoms with E-state index in [1.807, 2.05) is 68.2 Å². The normalized spacial score (nSPS) is 13.4. The first kappa shape index (κ1) is 21.4. The molecule has 0 N–H and O–H groups in total. The van der Waals surface area contributed by atoms with Gasteiger partial charge in [-0.15, -0.1) is 0 Å². The zero-order chi connectivity index (χ0) is 20.7. The van der Waals surface area contributed by atoms with E-state index in [0.717, 1.165) is 11.1 Å². The maximum absolute atomic E-state index is 14.9. The first-order valence-electron chi connectivity index (χ1n) is 9.63. The van der Waals surface area contributed by atoms with Gasteiger partial charge in [0, 0.05) is 29.9 Å². The van der Waals surface area contributed by atoms with E-state index in [4.69, 9.17) is 4.74 Å². The molecule has 0 amide bonds. The molecule has 148 valence electrons. The van der Waals surface area contributed by atoms with E-state index >= 15 is 0 Å². The average molecular weight is 383 g/mol. The molecule has 0 spiro atoms. The number of nitrogens with zero attached hydrogens (tertiary/aromatic N) is 1. The van der Waals surface area contributed by atoms with Gasteiger partial charge in [0.25, 0.3) is 0 Å². The van der Waals surface area contributed by atoms with Gasteiger partial charge in [-0.3, -0.25) is 0 Å². The highest BCUT2D eigenvalue weighted by molar-refractivity contribution is 5.97. The predicted molar refractivity (Wildman–Crippen MR) is 113 cm³/mol. The third-order valence-corrected chi connectivity index (χ3v) is 4.28. The highest BCUT2D eigenvalue weighted by Crippen LogP contribution is 2.39. The van der Waals surface area contributed by atoms with Gasteiger partial charge in [-0.05, 0) is 25.5 Å². The van der Waals surface area contributed by atoms with Crippen LogP contribution in [0.15, 0.2) is 66.9 Å². The Morgan fingerprint density at radius 2 is 1.57 bits per heavy atom. The molecule has 1 heterocycles. The summed E-state index contributed by atoms with van der Waals surface area (Å²) >= 11 is 0. The minimum Gasteiger partial charge on any atom is -0.494 e. The van der Waals surface area contributed by atoms with Crippen LogP contribution in [0.3, 0.4) is 0 Å². The van der Waals surface area contributed by atoms with Crippen molar-refractivity contribution >= 4 is 11.3 Å².